The quantitative estimate of drug-likeness (QED) is 0.597. The molecule has 0 aromatic heterocycles. The van der Waals surface area contributed by atoms with Crippen LogP contribution in [0.5, 0.6) is 0 Å². The Morgan fingerprint density at radius 1 is 0.364 bits per heavy atom. The molecule has 0 bridgehead atoms. The molecule has 0 aromatic rings. The fourth-order valence-electron chi connectivity index (χ4n) is 0.513. The van der Waals surface area contributed by atoms with E-state index in [0.29, 0.717) is 0 Å². The Bertz CT molecular complexity index is 113. The van der Waals surface area contributed by atoms with E-state index in [1.807, 2.05) is 48.6 Å². The molecule has 3 heteroatoms. The van der Waals surface area contributed by atoms with Gasteiger partial charge in [0.25, 0.3) is 0 Å². The van der Waals surface area contributed by atoms with Gasteiger partial charge in [-0.05, 0) is 0 Å². The topological polar surface area (TPSA) is 0 Å². The first-order valence-electron chi connectivity index (χ1n) is 2.67. The summed E-state index contributed by atoms with van der Waals surface area (Å²) in [6.07, 6.45) is 16.0. The molecule has 64 valence electrons. The van der Waals surface area contributed by atoms with Crippen LogP contribution in [0.15, 0.2) is 48.6 Å². The van der Waals surface area contributed by atoms with Gasteiger partial charge in [-0.15, -0.1) is 24.8 Å². The summed E-state index contributed by atoms with van der Waals surface area (Å²) < 4.78 is 0. The first-order chi connectivity index (χ1) is 4.00. The smallest absolute Gasteiger partial charge is 0 e. The summed E-state index contributed by atoms with van der Waals surface area (Å²) in [5, 5.41) is 0. The third-order valence-electron chi connectivity index (χ3n) is 0.889. The zero-order valence-electron chi connectivity index (χ0n) is 5.79. The van der Waals surface area contributed by atoms with Crippen LogP contribution in [0, 0.1) is 0 Å². The Hall–Kier alpha value is 0.163. The fraction of sp³-hybridized carbons (Fsp3) is 0. The van der Waals surface area contributed by atoms with E-state index in [0.717, 1.165) is 0 Å². The molecule has 0 aliphatic heterocycles. The van der Waals surface area contributed by atoms with Crippen LogP contribution in [0.1, 0.15) is 0 Å². The van der Waals surface area contributed by atoms with Crippen LogP contribution < -0.4 is 0 Å². The van der Waals surface area contributed by atoms with Crippen molar-refractivity contribution < 1.29 is 19.5 Å². The molecule has 0 N–H and O–H groups in total. The van der Waals surface area contributed by atoms with Gasteiger partial charge in [0, 0.05) is 19.5 Å². The van der Waals surface area contributed by atoms with E-state index in [-0.39, 0.29) is 44.3 Å². The average Bonchev–Trinajstić information content (AvgIpc) is 1.62. The number of hydrogen-bond donors (Lipinski definition) is 0. The molecule has 0 saturated heterocycles. The molecule has 1 rings (SSSR count). The molecule has 11 heavy (non-hydrogen) atoms. The SMILES string of the molecule is C1=CC=CC=CC=C1.Cl.Cl.[Ru]. The standard InChI is InChI=1S/C8H8.2ClH.Ru/c1-2-4-6-8-7-5-3-1;;;/h1-8H;2*1H;. The zero-order chi connectivity index (χ0) is 5.66. The molecule has 0 fully saturated rings. The predicted octanol–water partition coefficient (Wildman–Crippen LogP) is 3.07. The van der Waals surface area contributed by atoms with Gasteiger partial charge in [0.05, 0.1) is 0 Å². The van der Waals surface area contributed by atoms with Gasteiger partial charge in [-0.3, -0.25) is 0 Å². The average molecular weight is 278 g/mol. The number of rotatable bonds is 0. The second-order valence-electron chi connectivity index (χ2n) is 1.54. The van der Waals surface area contributed by atoms with Gasteiger partial charge in [-0.2, -0.15) is 0 Å². The molecule has 0 saturated carbocycles. The van der Waals surface area contributed by atoms with E-state index in [1.54, 1.807) is 0 Å². The maximum absolute atomic E-state index is 2.00. The Balaban J connectivity index is -0.000000213. The van der Waals surface area contributed by atoms with E-state index < -0.39 is 0 Å². The summed E-state index contributed by atoms with van der Waals surface area (Å²) in [5.74, 6) is 0. The van der Waals surface area contributed by atoms with Gasteiger partial charge < -0.3 is 0 Å². The Morgan fingerprint density at radius 2 is 0.455 bits per heavy atom. The molecular weight excluding hydrogens is 268 g/mol. The number of hydrogen-bond acceptors (Lipinski definition) is 0. The van der Waals surface area contributed by atoms with Crippen molar-refractivity contribution in [3.05, 3.63) is 48.6 Å². The van der Waals surface area contributed by atoms with Crippen molar-refractivity contribution in [2.24, 2.45) is 0 Å². The monoisotopic (exact) mass is 278 g/mol. The van der Waals surface area contributed by atoms with Crippen molar-refractivity contribution in [2.45, 2.75) is 0 Å². The van der Waals surface area contributed by atoms with E-state index in [2.05, 4.69) is 0 Å². The van der Waals surface area contributed by atoms with Gasteiger partial charge in [0.1, 0.15) is 0 Å². The molecule has 0 aromatic carbocycles. The predicted molar refractivity (Wildman–Crippen MR) is 51.1 cm³/mol. The van der Waals surface area contributed by atoms with Crippen LogP contribution in [0.25, 0.3) is 0 Å². The fourth-order valence-corrected chi connectivity index (χ4v) is 0.513. The Labute approximate surface area is 92.7 Å². The number of allylic oxidation sites excluding steroid dienone is 8. The minimum absolute atomic E-state index is 0. The summed E-state index contributed by atoms with van der Waals surface area (Å²) in [6.45, 7) is 0. The van der Waals surface area contributed by atoms with Crippen molar-refractivity contribution in [3.63, 3.8) is 0 Å². The molecule has 0 unspecified atom stereocenters. The Kier molecular flexibility index (Phi) is 20.1. The minimum Gasteiger partial charge on any atom is -0.147 e. The van der Waals surface area contributed by atoms with E-state index in [4.69, 9.17) is 0 Å². The maximum atomic E-state index is 2.00. The summed E-state index contributed by atoms with van der Waals surface area (Å²) in [7, 11) is 0. The van der Waals surface area contributed by atoms with Crippen LogP contribution >= 0.6 is 24.8 Å². The molecular formula is C8H10Cl2Ru. The van der Waals surface area contributed by atoms with Crippen molar-refractivity contribution in [1.29, 1.82) is 0 Å². The summed E-state index contributed by atoms with van der Waals surface area (Å²) in [4.78, 5) is 0. The van der Waals surface area contributed by atoms with Gasteiger partial charge in [-0.25, -0.2) is 0 Å². The molecule has 0 spiro atoms. The van der Waals surface area contributed by atoms with Gasteiger partial charge in [-0.1, -0.05) is 48.6 Å². The normalized spacial score (nSPS) is 11.6. The second-order valence-corrected chi connectivity index (χ2v) is 1.54. The maximum Gasteiger partial charge on any atom is 0 e. The van der Waals surface area contributed by atoms with Gasteiger partial charge >= 0.3 is 0 Å². The summed E-state index contributed by atoms with van der Waals surface area (Å²) >= 11 is 0. The molecule has 1 aliphatic rings. The van der Waals surface area contributed by atoms with E-state index >= 15 is 0 Å². The van der Waals surface area contributed by atoms with Crippen LogP contribution in [-0.4, -0.2) is 0 Å². The van der Waals surface area contributed by atoms with Crippen LogP contribution in [-0.2, 0) is 19.5 Å². The summed E-state index contributed by atoms with van der Waals surface area (Å²) in [5.41, 5.74) is 0. The van der Waals surface area contributed by atoms with E-state index in [9.17, 15) is 0 Å². The molecule has 0 amide bonds. The van der Waals surface area contributed by atoms with Crippen LogP contribution in [0.2, 0.25) is 0 Å². The largest absolute Gasteiger partial charge is 0.147 e. The summed E-state index contributed by atoms with van der Waals surface area (Å²) in [6, 6.07) is 0. The molecule has 0 nitrogen and oxygen atoms in total. The molecule has 0 radical (unpaired) electrons. The molecule has 0 atom stereocenters. The third-order valence-corrected chi connectivity index (χ3v) is 0.889. The molecule has 1 aliphatic carbocycles. The Morgan fingerprint density at radius 3 is 0.545 bits per heavy atom. The van der Waals surface area contributed by atoms with Gasteiger partial charge in [0.2, 0.25) is 0 Å². The van der Waals surface area contributed by atoms with Crippen molar-refractivity contribution in [2.75, 3.05) is 0 Å². The zero-order valence-corrected chi connectivity index (χ0v) is 9.16. The van der Waals surface area contributed by atoms with Crippen LogP contribution in [0.4, 0.5) is 0 Å². The van der Waals surface area contributed by atoms with E-state index in [1.165, 1.54) is 0 Å². The van der Waals surface area contributed by atoms with Crippen molar-refractivity contribution >= 4 is 24.8 Å². The van der Waals surface area contributed by atoms with Crippen LogP contribution in [0.3, 0.4) is 0 Å². The minimum atomic E-state index is 0. The van der Waals surface area contributed by atoms with Crippen molar-refractivity contribution in [3.8, 4) is 0 Å². The first kappa shape index (κ1) is 17.3. The first-order valence-corrected chi connectivity index (χ1v) is 2.67. The third kappa shape index (κ3) is 10.2. The molecule has 0 heterocycles. The second kappa shape index (κ2) is 12.8. The van der Waals surface area contributed by atoms with Crippen molar-refractivity contribution in [1.82, 2.24) is 0 Å². The van der Waals surface area contributed by atoms with Gasteiger partial charge in [0.15, 0.2) is 0 Å². The number of halogens is 2.